The summed E-state index contributed by atoms with van der Waals surface area (Å²) in [6, 6.07) is 10.4. The minimum Gasteiger partial charge on any atom is -0.395 e. The lowest BCUT2D eigenvalue weighted by atomic mass is 10.3. The van der Waals surface area contributed by atoms with Gasteiger partial charge in [-0.15, -0.1) is 11.3 Å². The Balaban J connectivity index is 1.69. The van der Waals surface area contributed by atoms with E-state index in [2.05, 4.69) is 21.4 Å². The van der Waals surface area contributed by atoms with Crippen molar-refractivity contribution in [2.45, 2.75) is 13.1 Å². The molecule has 0 atom stereocenters. The van der Waals surface area contributed by atoms with E-state index >= 15 is 0 Å². The second kappa shape index (κ2) is 7.50. The third-order valence-corrected chi connectivity index (χ3v) is 4.37. The minimum atomic E-state index is -0.258. The fraction of sp³-hybridized carbons (Fsp3) is 0.235. The molecule has 0 spiro atoms. The highest BCUT2D eigenvalue weighted by atomic mass is 32.1. The van der Waals surface area contributed by atoms with Crippen LogP contribution in [0.5, 0.6) is 0 Å². The highest BCUT2D eigenvalue weighted by Gasteiger charge is 2.09. The Bertz CT molecular complexity index is 725. The zero-order valence-corrected chi connectivity index (χ0v) is 13.4. The molecule has 0 saturated carbocycles. The van der Waals surface area contributed by atoms with Gasteiger partial charge in [-0.3, -0.25) is 4.90 Å². The average Bonchev–Trinajstić information content (AvgIpc) is 3.20. The van der Waals surface area contributed by atoms with Gasteiger partial charge in [0.15, 0.2) is 0 Å². The van der Waals surface area contributed by atoms with Gasteiger partial charge in [-0.25, -0.2) is 9.07 Å². The van der Waals surface area contributed by atoms with Crippen LogP contribution in [0, 0.1) is 5.82 Å². The molecule has 0 aliphatic carbocycles. The summed E-state index contributed by atoms with van der Waals surface area (Å²) >= 11 is 1.71. The van der Waals surface area contributed by atoms with Gasteiger partial charge in [0.2, 0.25) is 0 Å². The van der Waals surface area contributed by atoms with E-state index in [0.717, 1.165) is 17.8 Å². The van der Waals surface area contributed by atoms with Crippen LogP contribution in [-0.2, 0) is 13.1 Å². The molecule has 1 aromatic carbocycles. The van der Waals surface area contributed by atoms with Crippen molar-refractivity contribution in [2.24, 2.45) is 0 Å². The summed E-state index contributed by atoms with van der Waals surface area (Å²) in [6.07, 6.45) is 3.74. The van der Waals surface area contributed by atoms with Crippen LogP contribution < -0.4 is 0 Å². The quantitative estimate of drug-likeness (QED) is 0.723. The summed E-state index contributed by atoms with van der Waals surface area (Å²) < 4.78 is 14.7. The zero-order chi connectivity index (χ0) is 16.1. The van der Waals surface area contributed by atoms with E-state index in [1.54, 1.807) is 28.2 Å². The third-order valence-electron chi connectivity index (χ3n) is 3.51. The van der Waals surface area contributed by atoms with Gasteiger partial charge in [-0.1, -0.05) is 6.07 Å². The molecule has 0 amide bonds. The first-order valence-electron chi connectivity index (χ1n) is 7.39. The van der Waals surface area contributed by atoms with Gasteiger partial charge in [0.25, 0.3) is 0 Å². The van der Waals surface area contributed by atoms with Crippen LogP contribution in [0.3, 0.4) is 0 Å². The molecular weight excluding hydrogens is 313 g/mol. The molecule has 120 valence electrons. The van der Waals surface area contributed by atoms with E-state index in [1.807, 2.05) is 18.5 Å². The normalized spacial score (nSPS) is 11.3. The maximum Gasteiger partial charge on any atom is 0.123 e. The van der Waals surface area contributed by atoms with Crippen LogP contribution in [0.2, 0.25) is 0 Å². The number of aliphatic hydroxyl groups is 1. The van der Waals surface area contributed by atoms with E-state index in [-0.39, 0.29) is 12.4 Å². The predicted octanol–water partition coefficient (Wildman–Crippen LogP) is 3.07. The van der Waals surface area contributed by atoms with Gasteiger partial charge in [0.1, 0.15) is 5.82 Å². The van der Waals surface area contributed by atoms with Crippen LogP contribution in [0.25, 0.3) is 5.69 Å². The Morgan fingerprint density at radius 3 is 2.70 bits per heavy atom. The first-order valence-corrected chi connectivity index (χ1v) is 8.27. The van der Waals surface area contributed by atoms with E-state index in [0.29, 0.717) is 13.1 Å². The summed E-state index contributed by atoms with van der Waals surface area (Å²) in [5.74, 6) is -0.258. The number of rotatable bonds is 7. The van der Waals surface area contributed by atoms with Gasteiger partial charge in [-0.2, -0.15) is 5.10 Å². The second-order valence-electron chi connectivity index (χ2n) is 5.28. The molecule has 3 rings (SSSR count). The minimum absolute atomic E-state index is 0.122. The van der Waals surface area contributed by atoms with Crippen molar-refractivity contribution in [3.8, 4) is 5.69 Å². The lowest BCUT2D eigenvalue weighted by Crippen LogP contribution is -2.25. The maximum absolute atomic E-state index is 13.0. The SMILES string of the molecule is OCCN(Cc1cnn(-c2ccc(F)cc2)c1)Cc1cccs1. The molecule has 0 aliphatic rings. The lowest BCUT2D eigenvalue weighted by Gasteiger charge is -2.19. The highest BCUT2D eigenvalue weighted by Crippen LogP contribution is 2.15. The maximum atomic E-state index is 13.0. The number of aliphatic hydroxyl groups excluding tert-OH is 1. The molecule has 3 aromatic rings. The number of hydrogen-bond acceptors (Lipinski definition) is 4. The van der Waals surface area contributed by atoms with E-state index in [1.165, 1.54) is 17.0 Å². The Morgan fingerprint density at radius 2 is 2.00 bits per heavy atom. The molecule has 0 saturated heterocycles. The predicted molar refractivity (Wildman–Crippen MR) is 89.0 cm³/mol. The number of benzene rings is 1. The Kier molecular flexibility index (Phi) is 5.17. The summed E-state index contributed by atoms with van der Waals surface area (Å²) in [4.78, 5) is 3.45. The molecule has 2 aromatic heterocycles. The van der Waals surface area contributed by atoms with Gasteiger partial charge in [0, 0.05) is 36.3 Å². The van der Waals surface area contributed by atoms with Crippen LogP contribution in [0.15, 0.2) is 54.2 Å². The lowest BCUT2D eigenvalue weighted by molar-refractivity contribution is 0.185. The zero-order valence-electron chi connectivity index (χ0n) is 12.6. The average molecular weight is 331 g/mol. The van der Waals surface area contributed by atoms with Gasteiger partial charge >= 0.3 is 0 Å². The Labute approximate surface area is 138 Å². The summed E-state index contributed by atoms with van der Waals surface area (Å²) in [7, 11) is 0. The number of aromatic nitrogens is 2. The molecule has 0 bridgehead atoms. The van der Waals surface area contributed by atoms with Crippen LogP contribution in [0.4, 0.5) is 4.39 Å². The van der Waals surface area contributed by atoms with Crippen molar-refractivity contribution >= 4 is 11.3 Å². The topological polar surface area (TPSA) is 41.3 Å². The van der Waals surface area contributed by atoms with Crippen LogP contribution in [0.1, 0.15) is 10.4 Å². The first-order chi connectivity index (χ1) is 11.2. The molecular formula is C17H18FN3OS. The van der Waals surface area contributed by atoms with Crippen LogP contribution in [-0.4, -0.2) is 32.9 Å². The Hall–Kier alpha value is -2.02. The van der Waals surface area contributed by atoms with Crippen molar-refractivity contribution in [2.75, 3.05) is 13.2 Å². The first kappa shape index (κ1) is 15.9. The number of thiophene rings is 1. The van der Waals surface area contributed by atoms with E-state index < -0.39 is 0 Å². The van der Waals surface area contributed by atoms with Gasteiger partial charge in [-0.05, 0) is 35.7 Å². The number of nitrogens with zero attached hydrogens (tertiary/aromatic N) is 3. The van der Waals surface area contributed by atoms with Crippen molar-refractivity contribution in [1.82, 2.24) is 14.7 Å². The molecule has 2 heterocycles. The standard InChI is InChI=1S/C17H18FN3OS/c18-15-3-5-16(6-4-15)21-12-14(10-19-21)11-20(7-8-22)13-17-2-1-9-23-17/h1-6,9-10,12,22H,7-8,11,13H2. The number of halogens is 1. The molecule has 4 nitrogen and oxygen atoms in total. The van der Waals surface area contributed by atoms with Gasteiger partial charge in [0.05, 0.1) is 18.5 Å². The monoisotopic (exact) mass is 331 g/mol. The molecule has 1 N–H and O–H groups in total. The number of hydrogen-bond donors (Lipinski definition) is 1. The highest BCUT2D eigenvalue weighted by molar-refractivity contribution is 7.09. The van der Waals surface area contributed by atoms with E-state index in [4.69, 9.17) is 0 Å². The summed E-state index contributed by atoms with van der Waals surface area (Å²) in [5.41, 5.74) is 1.88. The second-order valence-corrected chi connectivity index (χ2v) is 6.32. The van der Waals surface area contributed by atoms with Gasteiger partial charge < -0.3 is 5.11 Å². The fourth-order valence-electron chi connectivity index (χ4n) is 2.41. The molecule has 0 radical (unpaired) electrons. The van der Waals surface area contributed by atoms with Crippen molar-refractivity contribution < 1.29 is 9.50 Å². The molecule has 23 heavy (non-hydrogen) atoms. The molecule has 0 aliphatic heterocycles. The molecule has 0 fully saturated rings. The summed E-state index contributed by atoms with van der Waals surface area (Å²) in [5, 5.41) is 15.6. The van der Waals surface area contributed by atoms with Crippen molar-refractivity contribution in [1.29, 1.82) is 0 Å². The smallest absolute Gasteiger partial charge is 0.123 e. The third kappa shape index (κ3) is 4.25. The van der Waals surface area contributed by atoms with Crippen LogP contribution >= 0.6 is 11.3 Å². The largest absolute Gasteiger partial charge is 0.395 e. The van der Waals surface area contributed by atoms with E-state index in [9.17, 15) is 9.50 Å². The van der Waals surface area contributed by atoms with Crippen molar-refractivity contribution in [3.05, 3.63) is 70.4 Å². The summed E-state index contributed by atoms with van der Waals surface area (Å²) in [6.45, 7) is 2.25. The Morgan fingerprint density at radius 1 is 1.17 bits per heavy atom. The molecule has 0 unspecified atom stereocenters. The molecule has 6 heteroatoms. The fourth-order valence-corrected chi connectivity index (χ4v) is 3.16. The van der Waals surface area contributed by atoms with Crippen molar-refractivity contribution in [3.63, 3.8) is 0 Å².